The number of hydrogen-bond acceptors (Lipinski definition) is 4. The van der Waals surface area contributed by atoms with Crippen LogP contribution < -0.4 is 11.1 Å². The third-order valence-corrected chi connectivity index (χ3v) is 2.93. The monoisotopic (exact) mass is 247 g/mol. The van der Waals surface area contributed by atoms with Gasteiger partial charge >= 0.3 is 0 Å². The van der Waals surface area contributed by atoms with Crippen LogP contribution in [0.15, 0.2) is 0 Å². The number of hydrogen-bond donors (Lipinski definition) is 2. The summed E-state index contributed by atoms with van der Waals surface area (Å²) in [6.07, 6.45) is 2.59. The molecule has 0 aliphatic carbocycles. The third kappa shape index (κ3) is 5.97. The molecule has 0 saturated heterocycles. The van der Waals surface area contributed by atoms with E-state index in [1.807, 2.05) is 13.2 Å². The van der Waals surface area contributed by atoms with Crippen molar-refractivity contribution in [2.75, 3.05) is 32.1 Å². The van der Waals surface area contributed by atoms with E-state index in [0.717, 1.165) is 5.75 Å². The Labute approximate surface area is 101 Å². The normalized spacial score (nSPS) is 12.0. The van der Waals surface area contributed by atoms with Crippen LogP contribution in [0.2, 0.25) is 0 Å². The van der Waals surface area contributed by atoms with Crippen molar-refractivity contribution in [3.8, 4) is 0 Å². The molecule has 0 rings (SSSR count). The van der Waals surface area contributed by atoms with Crippen LogP contribution in [0.5, 0.6) is 0 Å². The van der Waals surface area contributed by atoms with Crippen LogP contribution in [-0.2, 0) is 9.59 Å². The molecular formula is C10H21N3O2S. The molecule has 5 nitrogen and oxygen atoms in total. The highest BCUT2D eigenvalue weighted by Gasteiger charge is 2.14. The van der Waals surface area contributed by atoms with E-state index in [1.165, 1.54) is 0 Å². The van der Waals surface area contributed by atoms with Crippen LogP contribution in [0.4, 0.5) is 0 Å². The zero-order valence-electron chi connectivity index (χ0n) is 10.2. The number of thioether (sulfide) groups is 1. The minimum Gasteiger partial charge on any atom is -0.346 e. The van der Waals surface area contributed by atoms with Gasteiger partial charge in [-0.2, -0.15) is 11.8 Å². The molecule has 16 heavy (non-hydrogen) atoms. The third-order valence-electron chi connectivity index (χ3n) is 2.28. The fourth-order valence-electron chi connectivity index (χ4n) is 0.981. The van der Waals surface area contributed by atoms with E-state index in [-0.39, 0.29) is 18.4 Å². The van der Waals surface area contributed by atoms with Crippen LogP contribution >= 0.6 is 11.8 Å². The molecule has 0 radical (unpaired) electrons. The quantitative estimate of drug-likeness (QED) is 0.645. The first kappa shape index (κ1) is 15.2. The lowest BCUT2D eigenvalue weighted by Crippen LogP contribution is -2.45. The summed E-state index contributed by atoms with van der Waals surface area (Å²) in [7, 11) is 1.70. The SMILES string of the molecule is CCN(C)C(=O)CNC(=O)[C@@H](N)CCSC. The van der Waals surface area contributed by atoms with Crippen molar-refractivity contribution in [1.29, 1.82) is 0 Å². The lowest BCUT2D eigenvalue weighted by Gasteiger charge is -2.16. The summed E-state index contributed by atoms with van der Waals surface area (Å²) in [6.45, 7) is 2.54. The van der Waals surface area contributed by atoms with E-state index in [4.69, 9.17) is 5.73 Å². The molecule has 0 aliphatic rings. The van der Waals surface area contributed by atoms with Gasteiger partial charge in [0.1, 0.15) is 0 Å². The summed E-state index contributed by atoms with van der Waals surface area (Å²) in [5.74, 6) is 0.483. The number of nitrogens with one attached hydrogen (secondary N) is 1. The molecule has 0 fully saturated rings. The summed E-state index contributed by atoms with van der Waals surface area (Å²) < 4.78 is 0. The van der Waals surface area contributed by atoms with Crippen LogP contribution in [-0.4, -0.2) is 54.9 Å². The van der Waals surface area contributed by atoms with Crippen molar-refractivity contribution in [2.45, 2.75) is 19.4 Å². The number of amides is 2. The molecule has 0 aromatic heterocycles. The maximum absolute atomic E-state index is 11.4. The van der Waals surface area contributed by atoms with Gasteiger partial charge in [0.25, 0.3) is 0 Å². The first-order valence-corrected chi connectivity index (χ1v) is 6.68. The van der Waals surface area contributed by atoms with Gasteiger partial charge in [-0.15, -0.1) is 0 Å². The lowest BCUT2D eigenvalue weighted by atomic mass is 10.2. The summed E-state index contributed by atoms with van der Waals surface area (Å²) in [4.78, 5) is 24.4. The smallest absolute Gasteiger partial charge is 0.241 e. The Bertz CT molecular complexity index is 236. The Kier molecular flexibility index (Phi) is 8.01. The van der Waals surface area contributed by atoms with Crippen LogP contribution in [0.25, 0.3) is 0 Å². The molecule has 0 saturated carbocycles. The fourth-order valence-corrected chi connectivity index (χ4v) is 1.47. The van der Waals surface area contributed by atoms with E-state index in [0.29, 0.717) is 13.0 Å². The number of likely N-dealkylation sites (N-methyl/N-ethyl adjacent to an activating group) is 1. The van der Waals surface area contributed by atoms with Gasteiger partial charge in [-0.3, -0.25) is 9.59 Å². The molecular weight excluding hydrogens is 226 g/mol. The van der Waals surface area contributed by atoms with E-state index in [1.54, 1.807) is 23.7 Å². The number of rotatable bonds is 7. The summed E-state index contributed by atoms with van der Waals surface area (Å²) in [6, 6.07) is -0.521. The lowest BCUT2D eigenvalue weighted by molar-refractivity contribution is -0.132. The Balaban J connectivity index is 3.84. The van der Waals surface area contributed by atoms with Crippen LogP contribution in [0.1, 0.15) is 13.3 Å². The molecule has 2 amide bonds. The molecule has 0 spiro atoms. The van der Waals surface area contributed by atoms with E-state index in [2.05, 4.69) is 5.32 Å². The van der Waals surface area contributed by atoms with E-state index in [9.17, 15) is 9.59 Å². The van der Waals surface area contributed by atoms with Crippen molar-refractivity contribution in [3.05, 3.63) is 0 Å². The molecule has 3 N–H and O–H groups in total. The van der Waals surface area contributed by atoms with Gasteiger partial charge in [-0.05, 0) is 25.4 Å². The van der Waals surface area contributed by atoms with Crippen LogP contribution in [0.3, 0.4) is 0 Å². The van der Waals surface area contributed by atoms with Gasteiger partial charge in [0.2, 0.25) is 11.8 Å². The van der Waals surface area contributed by atoms with Crippen molar-refractivity contribution < 1.29 is 9.59 Å². The number of carbonyl (C=O) groups excluding carboxylic acids is 2. The highest BCUT2D eigenvalue weighted by atomic mass is 32.2. The first-order chi connectivity index (χ1) is 7.52. The predicted molar refractivity (Wildman–Crippen MR) is 67.3 cm³/mol. The number of nitrogens with zero attached hydrogens (tertiary/aromatic N) is 1. The molecule has 0 bridgehead atoms. The Morgan fingerprint density at radius 3 is 2.62 bits per heavy atom. The van der Waals surface area contributed by atoms with Gasteiger partial charge in [0.05, 0.1) is 12.6 Å². The van der Waals surface area contributed by atoms with Crippen molar-refractivity contribution in [1.82, 2.24) is 10.2 Å². The zero-order valence-corrected chi connectivity index (χ0v) is 11.0. The minimum absolute atomic E-state index is 0.0239. The second-order valence-corrected chi connectivity index (χ2v) is 4.50. The maximum atomic E-state index is 11.4. The summed E-state index contributed by atoms with van der Waals surface area (Å²) >= 11 is 1.65. The average molecular weight is 247 g/mol. The second-order valence-electron chi connectivity index (χ2n) is 3.51. The largest absolute Gasteiger partial charge is 0.346 e. The highest BCUT2D eigenvalue weighted by molar-refractivity contribution is 7.98. The maximum Gasteiger partial charge on any atom is 0.241 e. The van der Waals surface area contributed by atoms with Crippen molar-refractivity contribution in [3.63, 3.8) is 0 Å². The fraction of sp³-hybridized carbons (Fsp3) is 0.800. The number of nitrogens with two attached hydrogens (primary N) is 1. The van der Waals surface area contributed by atoms with Gasteiger partial charge in [-0.1, -0.05) is 0 Å². The second kappa shape index (κ2) is 8.41. The van der Waals surface area contributed by atoms with Crippen molar-refractivity contribution in [2.24, 2.45) is 5.73 Å². The Hall–Kier alpha value is -0.750. The predicted octanol–water partition coefficient (Wildman–Crippen LogP) is -0.339. The van der Waals surface area contributed by atoms with Crippen molar-refractivity contribution >= 4 is 23.6 Å². The molecule has 1 atom stereocenters. The topological polar surface area (TPSA) is 75.4 Å². The molecule has 0 heterocycles. The Morgan fingerprint density at radius 1 is 1.50 bits per heavy atom. The molecule has 6 heteroatoms. The Morgan fingerprint density at radius 2 is 2.12 bits per heavy atom. The zero-order chi connectivity index (χ0) is 12.6. The van der Waals surface area contributed by atoms with Gasteiger partial charge in [0, 0.05) is 13.6 Å². The molecule has 0 aromatic rings. The standard InChI is InChI=1S/C10H21N3O2S/c1-4-13(2)9(14)7-12-10(15)8(11)5-6-16-3/h8H,4-7,11H2,1-3H3,(H,12,15)/t8-/m0/s1. The van der Waals surface area contributed by atoms with E-state index >= 15 is 0 Å². The molecule has 0 aromatic carbocycles. The number of carbonyl (C=O) groups is 2. The van der Waals surface area contributed by atoms with E-state index < -0.39 is 6.04 Å². The molecule has 0 unspecified atom stereocenters. The highest BCUT2D eigenvalue weighted by Crippen LogP contribution is 1.98. The summed E-state index contributed by atoms with van der Waals surface area (Å²) in [5, 5.41) is 2.54. The summed E-state index contributed by atoms with van der Waals surface area (Å²) in [5.41, 5.74) is 5.65. The van der Waals surface area contributed by atoms with Crippen LogP contribution in [0, 0.1) is 0 Å². The average Bonchev–Trinajstić information content (AvgIpc) is 2.31. The molecule has 0 aliphatic heterocycles. The van der Waals surface area contributed by atoms with Gasteiger partial charge in [-0.25, -0.2) is 0 Å². The molecule has 94 valence electrons. The minimum atomic E-state index is -0.521. The van der Waals surface area contributed by atoms with Gasteiger partial charge in [0.15, 0.2) is 0 Å². The van der Waals surface area contributed by atoms with Gasteiger partial charge < -0.3 is 16.0 Å². The first-order valence-electron chi connectivity index (χ1n) is 5.29.